The summed E-state index contributed by atoms with van der Waals surface area (Å²) in [5.74, 6) is 0.175. The molecule has 2 rings (SSSR count). The van der Waals surface area contributed by atoms with Gasteiger partial charge in [0.05, 0.1) is 12.8 Å². The standard InChI is InChI=1S/C11H9FN2O/c1-15-11-6-8(2-4-14-11)10-7-9(12)3-5-13-10/h2-7H,1H3. The van der Waals surface area contributed by atoms with E-state index in [0.717, 1.165) is 5.56 Å². The Labute approximate surface area is 86.6 Å². The van der Waals surface area contributed by atoms with Crippen molar-refractivity contribution in [3.63, 3.8) is 0 Å². The molecule has 0 aliphatic heterocycles. The molecule has 0 saturated carbocycles. The summed E-state index contributed by atoms with van der Waals surface area (Å²) in [4.78, 5) is 8.02. The number of hydrogen-bond donors (Lipinski definition) is 0. The van der Waals surface area contributed by atoms with Gasteiger partial charge in [-0.2, -0.15) is 0 Å². The SMILES string of the molecule is COc1cc(-c2cc(F)ccn2)ccn1. The molecular weight excluding hydrogens is 195 g/mol. The van der Waals surface area contributed by atoms with Crippen LogP contribution >= 0.6 is 0 Å². The molecule has 3 nitrogen and oxygen atoms in total. The van der Waals surface area contributed by atoms with E-state index < -0.39 is 0 Å². The average Bonchev–Trinajstić information content (AvgIpc) is 2.29. The largest absolute Gasteiger partial charge is 0.481 e. The highest BCUT2D eigenvalue weighted by atomic mass is 19.1. The lowest BCUT2D eigenvalue weighted by atomic mass is 10.2. The van der Waals surface area contributed by atoms with Crippen molar-refractivity contribution in [2.24, 2.45) is 0 Å². The van der Waals surface area contributed by atoms with Crippen molar-refractivity contribution < 1.29 is 9.13 Å². The van der Waals surface area contributed by atoms with Crippen LogP contribution in [0.4, 0.5) is 4.39 Å². The highest BCUT2D eigenvalue weighted by Gasteiger charge is 2.02. The van der Waals surface area contributed by atoms with Crippen molar-refractivity contribution in [1.29, 1.82) is 0 Å². The maximum absolute atomic E-state index is 12.9. The molecule has 0 aliphatic rings. The van der Waals surface area contributed by atoms with Gasteiger partial charge in [-0.1, -0.05) is 0 Å². The topological polar surface area (TPSA) is 35.0 Å². The fourth-order valence-electron chi connectivity index (χ4n) is 1.24. The Hall–Kier alpha value is -1.97. The Morgan fingerprint density at radius 2 is 1.93 bits per heavy atom. The zero-order chi connectivity index (χ0) is 10.7. The molecule has 15 heavy (non-hydrogen) atoms. The minimum Gasteiger partial charge on any atom is -0.481 e. The van der Waals surface area contributed by atoms with Gasteiger partial charge in [-0.25, -0.2) is 9.37 Å². The second-order valence-corrected chi connectivity index (χ2v) is 2.95. The number of nitrogens with zero attached hydrogens (tertiary/aromatic N) is 2. The molecule has 4 heteroatoms. The molecule has 0 amide bonds. The predicted molar refractivity (Wildman–Crippen MR) is 54.0 cm³/mol. The second kappa shape index (κ2) is 4.04. The minimum absolute atomic E-state index is 0.309. The summed E-state index contributed by atoms with van der Waals surface area (Å²) in [5, 5.41) is 0. The number of pyridine rings is 2. The summed E-state index contributed by atoms with van der Waals surface area (Å²) in [6.07, 6.45) is 3.03. The number of rotatable bonds is 2. The number of aromatic nitrogens is 2. The molecule has 76 valence electrons. The van der Waals surface area contributed by atoms with Crippen molar-refractivity contribution in [1.82, 2.24) is 9.97 Å². The van der Waals surface area contributed by atoms with Crippen LogP contribution in [0.3, 0.4) is 0 Å². The number of ether oxygens (including phenoxy) is 1. The van der Waals surface area contributed by atoms with Crippen molar-refractivity contribution in [3.8, 4) is 17.1 Å². The van der Waals surface area contributed by atoms with Crippen LogP contribution in [0.1, 0.15) is 0 Å². The van der Waals surface area contributed by atoms with Crippen LogP contribution in [-0.2, 0) is 0 Å². The molecular formula is C11H9FN2O. The van der Waals surface area contributed by atoms with Gasteiger partial charge >= 0.3 is 0 Å². The number of hydrogen-bond acceptors (Lipinski definition) is 3. The molecule has 0 aromatic carbocycles. The molecule has 2 heterocycles. The Morgan fingerprint density at radius 1 is 1.13 bits per heavy atom. The lowest BCUT2D eigenvalue weighted by Gasteiger charge is -2.02. The lowest BCUT2D eigenvalue weighted by molar-refractivity contribution is 0.398. The minimum atomic E-state index is -0.309. The van der Waals surface area contributed by atoms with Crippen LogP contribution in [0.15, 0.2) is 36.7 Å². The quantitative estimate of drug-likeness (QED) is 0.752. The Morgan fingerprint density at radius 3 is 2.67 bits per heavy atom. The van der Waals surface area contributed by atoms with Gasteiger partial charge in [0.15, 0.2) is 0 Å². The van der Waals surface area contributed by atoms with Gasteiger partial charge < -0.3 is 4.74 Å². The van der Waals surface area contributed by atoms with Gasteiger partial charge in [0.1, 0.15) is 5.82 Å². The van der Waals surface area contributed by atoms with Crippen molar-refractivity contribution in [2.45, 2.75) is 0 Å². The Kier molecular flexibility index (Phi) is 2.58. The van der Waals surface area contributed by atoms with E-state index >= 15 is 0 Å². The third kappa shape index (κ3) is 2.10. The Balaban J connectivity index is 2.44. The molecule has 2 aromatic rings. The van der Waals surface area contributed by atoms with E-state index in [0.29, 0.717) is 11.6 Å². The van der Waals surface area contributed by atoms with Crippen LogP contribution in [0.5, 0.6) is 5.88 Å². The van der Waals surface area contributed by atoms with Gasteiger partial charge in [0, 0.05) is 30.1 Å². The van der Waals surface area contributed by atoms with E-state index in [1.165, 1.54) is 25.4 Å². The summed E-state index contributed by atoms with van der Waals surface area (Å²) in [7, 11) is 1.53. The van der Waals surface area contributed by atoms with Crippen LogP contribution in [-0.4, -0.2) is 17.1 Å². The normalized spacial score (nSPS) is 10.0. The van der Waals surface area contributed by atoms with Crippen molar-refractivity contribution in [3.05, 3.63) is 42.5 Å². The van der Waals surface area contributed by atoms with Gasteiger partial charge in [0.2, 0.25) is 5.88 Å². The van der Waals surface area contributed by atoms with E-state index in [4.69, 9.17) is 4.74 Å². The molecule has 0 radical (unpaired) electrons. The average molecular weight is 204 g/mol. The number of halogens is 1. The van der Waals surface area contributed by atoms with Crippen LogP contribution in [0, 0.1) is 5.82 Å². The second-order valence-electron chi connectivity index (χ2n) is 2.95. The van der Waals surface area contributed by atoms with Crippen LogP contribution in [0.25, 0.3) is 11.3 Å². The number of methoxy groups -OCH3 is 1. The first-order valence-corrected chi connectivity index (χ1v) is 4.41. The van der Waals surface area contributed by atoms with Gasteiger partial charge in [-0.05, 0) is 12.1 Å². The van der Waals surface area contributed by atoms with E-state index in [1.54, 1.807) is 18.3 Å². The summed E-state index contributed by atoms with van der Waals surface area (Å²) < 4.78 is 17.9. The molecule has 0 bridgehead atoms. The zero-order valence-electron chi connectivity index (χ0n) is 8.14. The zero-order valence-corrected chi connectivity index (χ0v) is 8.14. The predicted octanol–water partition coefficient (Wildman–Crippen LogP) is 2.29. The van der Waals surface area contributed by atoms with E-state index in [2.05, 4.69) is 9.97 Å². The maximum Gasteiger partial charge on any atom is 0.213 e. The van der Waals surface area contributed by atoms with Gasteiger partial charge in [-0.3, -0.25) is 4.98 Å². The van der Waals surface area contributed by atoms with Crippen molar-refractivity contribution >= 4 is 0 Å². The summed E-state index contributed by atoms with van der Waals surface area (Å²) >= 11 is 0. The van der Waals surface area contributed by atoms with E-state index in [-0.39, 0.29) is 5.82 Å². The molecule has 0 fully saturated rings. The summed E-state index contributed by atoms with van der Waals surface area (Å²) in [6, 6.07) is 6.14. The van der Waals surface area contributed by atoms with E-state index in [9.17, 15) is 4.39 Å². The lowest BCUT2D eigenvalue weighted by Crippen LogP contribution is -1.89. The fourth-order valence-corrected chi connectivity index (χ4v) is 1.24. The third-order valence-corrected chi connectivity index (χ3v) is 1.96. The molecule has 0 aliphatic carbocycles. The first-order chi connectivity index (χ1) is 7.29. The monoisotopic (exact) mass is 204 g/mol. The van der Waals surface area contributed by atoms with Gasteiger partial charge in [-0.15, -0.1) is 0 Å². The molecule has 0 saturated heterocycles. The Bertz CT molecular complexity index is 474. The highest BCUT2D eigenvalue weighted by Crippen LogP contribution is 2.20. The maximum atomic E-state index is 12.9. The first-order valence-electron chi connectivity index (χ1n) is 4.41. The van der Waals surface area contributed by atoms with Crippen LogP contribution < -0.4 is 4.74 Å². The third-order valence-electron chi connectivity index (χ3n) is 1.96. The van der Waals surface area contributed by atoms with E-state index in [1.807, 2.05) is 0 Å². The smallest absolute Gasteiger partial charge is 0.213 e. The van der Waals surface area contributed by atoms with Crippen LogP contribution in [0.2, 0.25) is 0 Å². The molecule has 0 unspecified atom stereocenters. The fraction of sp³-hybridized carbons (Fsp3) is 0.0909. The molecule has 0 atom stereocenters. The van der Waals surface area contributed by atoms with Crippen molar-refractivity contribution in [2.75, 3.05) is 7.11 Å². The summed E-state index contributed by atoms with van der Waals surface area (Å²) in [5.41, 5.74) is 1.34. The molecule has 0 spiro atoms. The first kappa shape index (κ1) is 9.58. The highest BCUT2D eigenvalue weighted by molar-refractivity contribution is 5.59. The molecule has 2 aromatic heterocycles. The summed E-state index contributed by atoms with van der Waals surface area (Å²) in [6.45, 7) is 0. The molecule has 0 N–H and O–H groups in total. The van der Waals surface area contributed by atoms with Gasteiger partial charge in [0.25, 0.3) is 0 Å².